The van der Waals surface area contributed by atoms with Gasteiger partial charge in [-0.3, -0.25) is 14.9 Å². The van der Waals surface area contributed by atoms with Crippen LogP contribution < -0.4 is 10.8 Å². The van der Waals surface area contributed by atoms with Crippen molar-refractivity contribution >= 4 is 23.7 Å². The molecule has 8 heteroatoms. The lowest BCUT2D eigenvalue weighted by Gasteiger charge is -2.14. The molecule has 1 aliphatic carbocycles. The van der Waals surface area contributed by atoms with Crippen molar-refractivity contribution in [2.75, 3.05) is 18.5 Å². The van der Waals surface area contributed by atoms with Crippen LogP contribution in [0.1, 0.15) is 22.6 Å². The van der Waals surface area contributed by atoms with Gasteiger partial charge in [-0.15, -0.1) is 0 Å². The number of anilines is 1. The number of carbonyl (C=O) groups is 3. The molecule has 3 N–H and O–H groups in total. The van der Waals surface area contributed by atoms with E-state index >= 15 is 0 Å². The van der Waals surface area contributed by atoms with Gasteiger partial charge in [-0.25, -0.2) is 15.1 Å². The van der Waals surface area contributed by atoms with E-state index in [1.54, 1.807) is 24.3 Å². The molecule has 2 amide bonds. The van der Waals surface area contributed by atoms with E-state index in [1.165, 1.54) is 0 Å². The Kier molecular flexibility index (Phi) is 6.66. The number of aliphatic carboxylic acids is 1. The van der Waals surface area contributed by atoms with Crippen LogP contribution >= 0.6 is 0 Å². The van der Waals surface area contributed by atoms with Gasteiger partial charge in [0.15, 0.2) is 6.61 Å². The lowest BCUT2D eigenvalue weighted by Crippen LogP contribution is -2.27. The molecule has 1 aliphatic rings. The molecule has 0 saturated heterocycles. The monoisotopic (exact) mass is 446 g/mol. The predicted molar refractivity (Wildman–Crippen MR) is 121 cm³/mol. The fourth-order valence-electron chi connectivity index (χ4n) is 3.86. The van der Waals surface area contributed by atoms with Gasteiger partial charge >= 0.3 is 12.1 Å². The highest BCUT2D eigenvalue weighted by Gasteiger charge is 2.28. The van der Waals surface area contributed by atoms with E-state index in [9.17, 15) is 14.4 Å². The zero-order valence-corrected chi connectivity index (χ0v) is 17.6. The Labute approximate surface area is 190 Å². The van der Waals surface area contributed by atoms with E-state index in [4.69, 9.17) is 9.84 Å². The number of carboxylic acid groups (broad SMARTS) is 1. The van der Waals surface area contributed by atoms with Gasteiger partial charge < -0.3 is 9.84 Å². The van der Waals surface area contributed by atoms with Crippen molar-refractivity contribution in [1.29, 1.82) is 0 Å². The lowest BCUT2D eigenvalue weighted by molar-refractivity contribution is -0.149. The molecule has 0 aliphatic heterocycles. The van der Waals surface area contributed by atoms with E-state index in [-0.39, 0.29) is 18.9 Å². The summed E-state index contributed by atoms with van der Waals surface area (Å²) in [5.41, 5.74) is 7.86. The minimum Gasteiger partial charge on any atom is -0.479 e. The fraction of sp³-hybridized carbons (Fsp3) is 0.160. The molecule has 0 fully saturated rings. The maximum atomic E-state index is 12.4. The standard InChI is InChI=1S/C25H22N2O6/c28-23(27-33-15-24(29)30)13-16-9-11-17(12-10-16)26-25(31)32-14-22-20-7-3-1-5-18(20)19-6-2-4-8-21(19)22/h1-12,22H,13-15H2,(H,26,31)(H,27,28)(H,29,30). The van der Waals surface area contributed by atoms with Crippen LogP contribution in [-0.4, -0.2) is 36.3 Å². The SMILES string of the molecule is O=C(O)CONC(=O)Cc1ccc(NC(=O)OCC2c3ccccc3-c3ccccc32)cc1. The summed E-state index contributed by atoms with van der Waals surface area (Å²) in [7, 11) is 0. The van der Waals surface area contributed by atoms with Crippen molar-refractivity contribution in [3.8, 4) is 11.1 Å². The van der Waals surface area contributed by atoms with Gasteiger partial charge in [-0.05, 0) is 39.9 Å². The number of ether oxygens (including phenoxy) is 1. The third-order valence-corrected chi connectivity index (χ3v) is 5.29. The van der Waals surface area contributed by atoms with Crippen LogP contribution in [0.3, 0.4) is 0 Å². The third kappa shape index (κ3) is 5.36. The smallest absolute Gasteiger partial charge is 0.411 e. The van der Waals surface area contributed by atoms with Gasteiger partial charge in [0.2, 0.25) is 5.91 Å². The van der Waals surface area contributed by atoms with E-state index in [0.717, 1.165) is 22.3 Å². The van der Waals surface area contributed by atoms with Crippen LogP contribution in [-0.2, 0) is 25.6 Å². The molecule has 0 bridgehead atoms. The Balaban J connectivity index is 1.30. The zero-order valence-electron chi connectivity index (χ0n) is 17.6. The Morgan fingerprint density at radius 1 is 0.848 bits per heavy atom. The van der Waals surface area contributed by atoms with E-state index in [2.05, 4.69) is 39.9 Å². The summed E-state index contributed by atoms with van der Waals surface area (Å²) in [5.74, 6) is -1.68. The predicted octanol–water partition coefficient (Wildman–Crippen LogP) is 3.72. The summed E-state index contributed by atoms with van der Waals surface area (Å²) >= 11 is 0. The number of amides is 2. The number of benzene rings is 3. The summed E-state index contributed by atoms with van der Waals surface area (Å²) in [6.07, 6.45) is -0.561. The van der Waals surface area contributed by atoms with Crippen molar-refractivity contribution in [3.05, 3.63) is 89.5 Å². The van der Waals surface area contributed by atoms with Gasteiger partial charge in [0.25, 0.3) is 0 Å². The first kappa shape index (κ1) is 22.0. The van der Waals surface area contributed by atoms with Crippen LogP contribution in [0.25, 0.3) is 11.1 Å². The molecular weight excluding hydrogens is 424 g/mol. The van der Waals surface area contributed by atoms with Gasteiger partial charge in [-0.1, -0.05) is 60.7 Å². The minimum atomic E-state index is -1.18. The number of nitrogens with one attached hydrogen (secondary N) is 2. The summed E-state index contributed by atoms with van der Waals surface area (Å²) in [6, 6.07) is 22.9. The first-order valence-corrected chi connectivity index (χ1v) is 10.3. The van der Waals surface area contributed by atoms with Crippen molar-refractivity contribution in [3.63, 3.8) is 0 Å². The molecule has 0 heterocycles. The molecule has 0 aromatic heterocycles. The second kappa shape index (κ2) is 9.97. The summed E-state index contributed by atoms with van der Waals surface area (Å²) in [4.78, 5) is 39.0. The highest BCUT2D eigenvalue weighted by molar-refractivity contribution is 5.85. The minimum absolute atomic E-state index is 0.00480. The quantitative estimate of drug-likeness (QED) is 0.455. The third-order valence-electron chi connectivity index (χ3n) is 5.29. The van der Waals surface area contributed by atoms with Crippen LogP contribution in [0.5, 0.6) is 0 Å². The van der Waals surface area contributed by atoms with Gasteiger partial charge in [0.05, 0.1) is 6.42 Å². The molecule has 3 aromatic rings. The maximum Gasteiger partial charge on any atom is 0.411 e. The number of hydrogen-bond donors (Lipinski definition) is 3. The number of rotatable bonds is 8. The van der Waals surface area contributed by atoms with Crippen molar-refractivity contribution < 1.29 is 29.1 Å². The molecule has 0 radical (unpaired) electrons. The van der Waals surface area contributed by atoms with Crippen LogP contribution in [0.15, 0.2) is 72.8 Å². The van der Waals surface area contributed by atoms with Crippen LogP contribution in [0.2, 0.25) is 0 Å². The summed E-state index contributed by atoms with van der Waals surface area (Å²) in [6.45, 7) is -0.400. The normalized spacial score (nSPS) is 11.9. The van der Waals surface area contributed by atoms with Gasteiger partial charge in [-0.2, -0.15) is 0 Å². The molecule has 0 atom stereocenters. The average Bonchev–Trinajstić information content (AvgIpc) is 3.12. The molecule has 0 spiro atoms. The Bertz CT molecular complexity index is 1130. The van der Waals surface area contributed by atoms with Crippen molar-refractivity contribution in [2.45, 2.75) is 12.3 Å². The average molecular weight is 446 g/mol. The maximum absolute atomic E-state index is 12.4. The number of hydroxylamine groups is 1. The Hall–Kier alpha value is -4.17. The number of hydrogen-bond acceptors (Lipinski definition) is 5. The molecule has 3 aromatic carbocycles. The first-order valence-electron chi connectivity index (χ1n) is 10.3. The second-order valence-corrected chi connectivity index (χ2v) is 7.53. The number of carboxylic acids is 1. The van der Waals surface area contributed by atoms with Crippen LogP contribution in [0, 0.1) is 0 Å². The van der Waals surface area contributed by atoms with Gasteiger partial charge in [0, 0.05) is 11.6 Å². The molecule has 4 rings (SSSR count). The van der Waals surface area contributed by atoms with E-state index < -0.39 is 24.6 Å². The summed E-state index contributed by atoms with van der Waals surface area (Å²) in [5, 5.41) is 11.2. The van der Waals surface area contributed by atoms with E-state index in [1.807, 2.05) is 24.3 Å². The highest BCUT2D eigenvalue weighted by atomic mass is 16.7. The van der Waals surface area contributed by atoms with E-state index in [0.29, 0.717) is 11.3 Å². The molecule has 0 saturated carbocycles. The zero-order chi connectivity index (χ0) is 23.2. The number of carbonyl (C=O) groups excluding carboxylic acids is 2. The van der Waals surface area contributed by atoms with Crippen molar-refractivity contribution in [1.82, 2.24) is 5.48 Å². The lowest BCUT2D eigenvalue weighted by atomic mass is 9.98. The largest absolute Gasteiger partial charge is 0.479 e. The summed E-state index contributed by atoms with van der Waals surface area (Å²) < 4.78 is 5.52. The number of fused-ring (bicyclic) bond motifs is 3. The fourth-order valence-corrected chi connectivity index (χ4v) is 3.86. The molecule has 8 nitrogen and oxygen atoms in total. The molecule has 0 unspecified atom stereocenters. The first-order chi connectivity index (χ1) is 16.0. The van der Waals surface area contributed by atoms with Gasteiger partial charge in [0.1, 0.15) is 6.61 Å². The van der Waals surface area contributed by atoms with Crippen molar-refractivity contribution in [2.24, 2.45) is 0 Å². The topological polar surface area (TPSA) is 114 Å². The molecule has 33 heavy (non-hydrogen) atoms. The molecule has 168 valence electrons. The van der Waals surface area contributed by atoms with Crippen LogP contribution in [0.4, 0.5) is 10.5 Å². The highest BCUT2D eigenvalue weighted by Crippen LogP contribution is 2.44. The second-order valence-electron chi connectivity index (χ2n) is 7.53. The Morgan fingerprint density at radius 3 is 2.06 bits per heavy atom. The Morgan fingerprint density at radius 2 is 1.45 bits per heavy atom. The molecular formula is C25H22N2O6.